The fourth-order valence-corrected chi connectivity index (χ4v) is 3.65. The number of aliphatic carboxylic acids is 1. The van der Waals surface area contributed by atoms with E-state index in [2.05, 4.69) is 5.32 Å². The molecule has 1 aromatic rings. The monoisotopic (exact) mass is 370 g/mol. The van der Waals surface area contributed by atoms with Gasteiger partial charge in [0.1, 0.15) is 11.3 Å². The third-order valence-corrected chi connectivity index (χ3v) is 4.84. The number of carboxylic acid groups (broad SMARTS) is 1. The van der Waals surface area contributed by atoms with E-state index in [1.54, 1.807) is 11.8 Å². The molecule has 0 unspecified atom stereocenters. The number of nitro benzene ring substituents is 1. The second-order valence-electron chi connectivity index (χ2n) is 5.43. The Kier molecular flexibility index (Phi) is 6.07. The van der Waals surface area contributed by atoms with Gasteiger partial charge >= 0.3 is 11.7 Å². The molecule has 0 aliphatic carbocycles. The van der Waals surface area contributed by atoms with Crippen molar-refractivity contribution < 1.29 is 29.1 Å². The summed E-state index contributed by atoms with van der Waals surface area (Å²) in [6, 6.07) is 3.86. The summed E-state index contributed by atoms with van der Waals surface area (Å²) < 4.78 is 10.2. The molecule has 2 rings (SSSR count). The van der Waals surface area contributed by atoms with E-state index in [0.29, 0.717) is 24.3 Å². The maximum absolute atomic E-state index is 12.1. The lowest BCUT2D eigenvalue weighted by molar-refractivity contribution is -0.385. The molecule has 136 valence electrons. The van der Waals surface area contributed by atoms with Gasteiger partial charge in [-0.25, -0.2) is 4.79 Å². The van der Waals surface area contributed by atoms with Crippen LogP contribution in [0.3, 0.4) is 0 Å². The van der Waals surface area contributed by atoms with Crippen LogP contribution in [0.1, 0.15) is 12.8 Å². The van der Waals surface area contributed by atoms with Gasteiger partial charge in [-0.1, -0.05) is 0 Å². The van der Waals surface area contributed by atoms with Gasteiger partial charge in [0.05, 0.1) is 12.0 Å². The Morgan fingerprint density at radius 2 is 2.08 bits per heavy atom. The molecule has 0 atom stereocenters. The molecule has 0 radical (unpaired) electrons. The number of rotatable bonds is 7. The second kappa shape index (κ2) is 8.06. The lowest BCUT2D eigenvalue weighted by atomic mass is 9.92. The highest BCUT2D eigenvalue weighted by atomic mass is 32.2. The minimum Gasteiger partial charge on any atom is -0.490 e. The number of ether oxygens (including phenoxy) is 2. The quantitative estimate of drug-likeness (QED) is 0.545. The van der Waals surface area contributed by atoms with Crippen LogP contribution in [0.5, 0.6) is 11.5 Å². The SMILES string of the molecule is COc1cc(OCC(=O)NC2(C(=O)O)CCSCC2)ccc1[N+](=O)[O-]. The molecule has 1 saturated heterocycles. The molecule has 9 nitrogen and oxygen atoms in total. The normalized spacial score (nSPS) is 15.9. The third-order valence-electron chi connectivity index (χ3n) is 3.85. The fraction of sp³-hybridized carbons (Fsp3) is 0.467. The molecule has 1 heterocycles. The second-order valence-corrected chi connectivity index (χ2v) is 6.65. The summed E-state index contributed by atoms with van der Waals surface area (Å²) in [4.78, 5) is 33.9. The average molecular weight is 370 g/mol. The molecule has 0 spiro atoms. The lowest BCUT2D eigenvalue weighted by Crippen LogP contribution is -2.57. The van der Waals surface area contributed by atoms with Crippen LogP contribution >= 0.6 is 11.8 Å². The zero-order valence-electron chi connectivity index (χ0n) is 13.5. The number of thioether (sulfide) groups is 1. The molecule has 0 bridgehead atoms. The van der Waals surface area contributed by atoms with Gasteiger partial charge in [-0.05, 0) is 30.4 Å². The summed E-state index contributed by atoms with van der Waals surface area (Å²) in [6.45, 7) is -0.400. The van der Waals surface area contributed by atoms with Gasteiger partial charge in [0.2, 0.25) is 5.75 Å². The zero-order valence-corrected chi connectivity index (χ0v) is 14.3. The van der Waals surface area contributed by atoms with Crippen molar-refractivity contribution in [1.29, 1.82) is 0 Å². The standard InChI is InChI=1S/C15H18N2O7S/c1-23-12-8-10(2-3-11(12)17(21)22)24-9-13(18)16-15(14(19)20)4-6-25-7-5-15/h2-3,8H,4-7,9H2,1H3,(H,16,18)(H,19,20). The van der Waals surface area contributed by atoms with E-state index in [1.165, 1.54) is 25.3 Å². The van der Waals surface area contributed by atoms with Crippen molar-refractivity contribution in [1.82, 2.24) is 5.32 Å². The average Bonchev–Trinajstić information content (AvgIpc) is 2.60. The summed E-state index contributed by atoms with van der Waals surface area (Å²) in [5, 5.41) is 22.8. The highest BCUT2D eigenvalue weighted by molar-refractivity contribution is 7.99. The van der Waals surface area contributed by atoms with Gasteiger partial charge in [-0.3, -0.25) is 14.9 Å². The summed E-state index contributed by atoms with van der Waals surface area (Å²) in [5.74, 6) is -0.0832. The Bertz CT molecular complexity index is 674. The van der Waals surface area contributed by atoms with Gasteiger partial charge in [-0.15, -0.1) is 0 Å². The predicted molar refractivity (Wildman–Crippen MR) is 90.2 cm³/mol. The molecule has 1 amide bonds. The van der Waals surface area contributed by atoms with Crippen molar-refractivity contribution in [3.63, 3.8) is 0 Å². The van der Waals surface area contributed by atoms with Crippen LogP contribution in [0.15, 0.2) is 18.2 Å². The molecule has 1 fully saturated rings. The highest BCUT2D eigenvalue weighted by Gasteiger charge is 2.41. The molecule has 0 saturated carbocycles. The maximum Gasteiger partial charge on any atom is 0.329 e. The Morgan fingerprint density at radius 3 is 2.64 bits per heavy atom. The van der Waals surface area contributed by atoms with Gasteiger partial charge < -0.3 is 19.9 Å². The molecule has 1 aromatic carbocycles. The van der Waals surface area contributed by atoms with Crippen LogP contribution < -0.4 is 14.8 Å². The molecule has 10 heteroatoms. The number of amides is 1. The highest BCUT2D eigenvalue weighted by Crippen LogP contribution is 2.31. The van der Waals surface area contributed by atoms with E-state index in [-0.39, 0.29) is 17.2 Å². The minimum absolute atomic E-state index is 0.00854. The van der Waals surface area contributed by atoms with Gasteiger partial charge in [0.15, 0.2) is 6.61 Å². The number of nitrogens with one attached hydrogen (secondary N) is 1. The van der Waals surface area contributed by atoms with Gasteiger partial charge in [0, 0.05) is 12.1 Å². The first-order valence-corrected chi connectivity index (χ1v) is 8.61. The fourth-order valence-electron chi connectivity index (χ4n) is 2.46. The number of methoxy groups -OCH3 is 1. The van der Waals surface area contributed by atoms with E-state index in [1.807, 2.05) is 0 Å². The van der Waals surface area contributed by atoms with E-state index < -0.39 is 28.9 Å². The maximum atomic E-state index is 12.1. The summed E-state index contributed by atoms with van der Waals surface area (Å²) in [7, 11) is 1.29. The summed E-state index contributed by atoms with van der Waals surface area (Å²) in [5.41, 5.74) is -1.48. The number of carboxylic acids is 1. The van der Waals surface area contributed by atoms with Gasteiger partial charge in [0.25, 0.3) is 5.91 Å². The van der Waals surface area contributed by atoms with E-state index in [4.69, 9.17) is 9.47 Å². The minimum atomic E-state index is -1.27. The first kappa shape index (κ1) is 18.8. The number of benzene rings is 1. The predicted octanol–water partition coefficient (Wildman–Crippen LogP) is 1.45. The third kappa shape index (κ3) is 4.53. The first-order valence-electron chi connectivity index (χ1n) is 7.45. The number of carbonyl (C=O) groups is 2. The molecule has 1 aliphatic heterocycles. The summed E-state index contributed by atoms with van der Waals surface area (Å²) >= 11 is 1.64. The van der Waals surface area contributed by atoms with Crippen LogP contribution in [-0.4, -0.2) is 52.7 Å². The van der Waals surface area contributed by atoms with Crippen LogP contribution in [0.2, 0.25) is 0 Å². The first-order chi connectivity index (χ1) is 11.9. The number of hydrogen-bond donors (Lipinski definition) is 2. The number of nitrogens with zero attached hydrogens (tertiary/aromatic N) is 1. The van der Waals surface area contributed by atoms with Crippen LogP contribution in [-0.2, 0) is 9.59 Å². The Morgan fingerprint density at radius 1 is 1.40 bits per heavy atom. The summed E-state index contributed by atoms with van der Waals surface area (Å²) in [6.07, 6.45) is 0.703. The van der Waals surface area contributed by atoms with Crippen molar-refractivity contribution in [3.05, 3.63) is 28.3 Å². The van der Waals surface area contributed by atoms with E-state index >= 15 is 0 Å². The van der Waals surface area contributed by atoms with Gasteiger partial charge in [-0.2, -0.15) is 11.8 Å². The Balaban J connectivity index is 1.99. The van der Waals surface area contributed by atoms with Crippen molar-refractivity contribution in [2.75, 3.05) is 25.2 Å². The molecular formula is C15H18N2O7S. The largest absolute Gasteiger partial charge is 0.490 e. The Hall–Kier alpha value is -2.49. The topological polar surface area (TPSA) is 128 Å². The van der Waals surface area contributed by atoms with Crippen molar-refractivity contribution >= 4 is 29.3 Å². The molecular weight excluding hydrogens is 352 g/mol. The lowest BCUT2D eigenvalue weighted by Gasteiger charge is -2.33. The van der Waals surface area contributed by atoms with Crippen molar-refractivity contribution in [2.45, 2.75) is 18.4 Å². The van der Waals surface area contributed by atoms with Crippen molar-refractivity contribution in [3.8, 4) is 11.5 Å². The molecule has 25 heavy (non-hydrogen) atoms. The van der Waals surface area contributed by atoms with Crippen LogP contribution in [0.4, 0.5) is 5.69 Å². The van der Waals surface area contributed by atoms with E-state index in [9.17, 15) is 24.8 Å². The smallest absolute Gasteiger partial charge is 0.329 e. The number of hydrogen-bond acceptors (Lipinski definition) is 7. The van der Waals surface area contributed by atoms with Crippen LogP contribution in [0, 0.1) is 10.1 Å². The molecule has 2 N–H and O–H groups in total. The molecule has 1 aliphatic rings. The zero-order chi connectivity index (χ0) is 18.4. The Labute approximate surface area is 147 Å². The number of carbonyl (C=O) groups excluding carboxylic acids is 1. The van der Waals surface area contributed by atoms with E-state index in [0.717, 1.165) is 0 Å². The molecule has 0 aromatic heterocycles. The van der Waals surface area contributed by atoms with Crippen LogP contribution in [0.25, 0.3) is 0 Å². The number of nitro groups is 1. The van der Waals surface area contributed by atoms with Crippen molar-refractivity contribution in [2.24, 2.45) is 0 Å².